The van der Waals surface area contributed by atoms with Crippen molar-refractivity contribution in [3.05, 3.63) is 96.2 Å². The van der Waals surface area contributed by atoms with Gasteiger partial charge in [0.1, 0.15) is 11.6 Å². The van der Waals surface area contributed by atoms with Gasteiger partial charge in [0, 0.05) is 11.6 Å². The first kappa shape index (κ1) is 21.9. The van der Waals surface area contributed by atoms with E-state index in [9.17, 15) is 4.79 Å². The summed E-state index contributed by atoms with van der Waals surface area (Å²) in [4.78, 5) is 15.1. The summed E-state index contributed by atoms with van der Waals surface area (Å²) >= 11 is 1.41. The van der Waals surface area contributed by atoms with Gasteiger partial charge < -0.3 is 9.32 Å². The summed E-state index contributed by atoms with van der Waals surface area (Å²) < 4.78 is 7.56. The van der Waals surface area contributed by atoms with E-state index in [0.717, 1.165) is 22.8 Å². The molecule has 0 atom stereocenters. The van der Waals surface area contributed by atoms with Crippen LogP contribution in [0.3, 0.4) is 0 Å². The predicted octanol–water partition coefficient (Wildman–Crippen LogP) is 5.37. The lowest BCUT2D eigenvalue weighted by Crippen LogP contribution is -2.32. The minimum atomic E-state index is 0.0173. The zero-order valence-corrected chi connectivity index (χ0v) is 19.0. The molecule has 0 spiro atoms. The van der Waals surface area contributed by atoms with Gasteiger partial charge in [-0.05, 0) is 29.8 Å². The number of carbonyl (C=O) groups is 1. The predicted molar refractivity (Wildman–Crippen MR) is 127 cm³/mol. The lowest BCUT2D eigenvalue weighted by atomic mass is 10.2. The molecule has 0 N–H and O–H groups in total. The second-order valence-corrected chi connectivity index (χ2v) is 8.69. The van der Waals surface area contributed by atoms with Crippen LogP contribution in [0.5, 0.6) is 0 Å². The third kappa shape index (κ3) is 5.29. The van der Waals surface area contributed by atoms with Crippen molar-refractivity contribution in [1.29, 1.82) is 0 Å². The van der Waals surface area contributed by atoms with Crippen LogP contribution >= 0.6 is 11.8 Å². The SMILES string of the molecule is CC(C)c1nnc(SCC(=O)N(Cc2ccccc2)c2ccccc2)n1Cc1ccco1. The topological polar surface area (TPSA) is 64.2 Å². The Kier molecular flexibility index (Phi) is 7.07. The summed E-state index contributed by atoms with van der Waals surface area (Å²) in [5, 5.41) is 9.45. The molecule has 2 heterocycles. The number of carbonyl (C=O) groups excluding carboxylic acids is 1. The van der Waals surface area contributed by atoms with Crippen LogP contribution < -0.4 is 4.90 Å². The van der Waals surface area contributed by atoms with Gasteiger partial charge in [-0.2, -0.15) is 0 Å². The Morgan fingerprint density at radius 2 is 1.72 bits per heavy atom. The number of thioether (sulfide) groups is 1. The van der Waals surface area contributed by atoms with Gasteiger partial charge in [-0.1, -0.05) is 74.1 Å². The molecule has 6 nitrogen and oxygen atoms in total. The van der Waals surface area contributed by atoms with E-state index in [0.29, 0.717) is 18.2 Å². The van der Waals surface area contributed by atoms with Gasteiger partial charge in [0.15, 0.2) is 5.16 Å². The summed E-state index contributed by atoms with van der Waals surface area (Å²) in [7, 11) is 0. The first-order valence-electron chi connectivity index (χ1n) is 10.6. The van der Waals surface area contributed by atoms with Crippen molar-refractivity contribution in [3.8, 4) is 0 Å². The number of hydrogen-bond donors (Lipinski definition) is 0. The zero-order chi connectivity index (χ0) is 22.3. The van der Waals surface area contributed by atoms with Crippen molar-refractivity contribution in [2.24, 2.45) is 0 Å². The molecule has 2 aromatic heterocycles. The molecule has 4 rings (SSSR count). The van der Waals surface area contributed by atoms with E-state index >= 15 is 0 Å². The van der Waals surface area contributed by atoms with Crippen LogP contribution in [-0.2, 0) is 17.9 Å². The first-order valence-corrected chi connectivity index (χ1v) is 11.6. The van der Waals surface area contributed by atoms with Gasteiger partial charge in [-0.15, -0.1) is 10.2 Å². The number of furan rings is 1. The van der Waals surface area contributed by atoms with Gasteiger partial charge >= 0.3 is 0 Å². The van der Waals surface area contributed by atoms with Crippen LogP contribution in [-0.4, -0.2) is 26.4 Å². The monoisotopic (exact) mass is 446 g/mol. The Balaban J connectivity index is 1.53. The molecule has 0 unspecified atom stereocenters. The maximum absolute atomic E-state index is 13.3. The van der Waals surface area contributed by atoms with Gasteiger partial charge in [0.05, 0.1) is 25.1 Å². The lowest BCUT2D eigenvalue weighted by Gasteiger charge is -2.23. The van der Waals surface area contributed by atoms with Crippen LogP contribution in [0.4, 0.5) is 5.69 Å². The number of nitrogens with zero attached hydrogens (tertiary/aromatic N) is 4. The zero-order valence-electron chi connectivity index (χ0n) is 18.2. The van der Waals surface area contributed by atoms with Crippen LogP contribution in [0, 0.1) is 0 Å². The van der Waals surface area contributed by atoms with Crippen molar-refractivity contribution in [3.63, 3.8) is 0 Å². The van der Waals surface area contributed by atoms with Gasteiger partial charge in [-0.3, -0.25) is 9.36 Å². The Hall–Kier alpha value is -3.32. The molecule has 1 amide bonds. The molecule has 7 heteroatoms. The van der Waals surface area contributed by atoms with Gasteiger partial charge in [0.2, 0.25) is 5.91 Å². The summed E-state index contributed by atoms with van der Waals surface area (Å²) in [5.74, 6) is 2.19. The molecule has 164 valence electrons. The fourth-order valence-corrected chi connectivity index (χ4v) is 4.26. The van der Waals surface area contributed by atoms with Crippen molar-refractivity contribution in [1.82, 2.24) is 14.8 Å². The highest BCUT2D eigenvalue weighted by Gasteiger charge is 2.21. The van der Waals surface area contributed by atoms with Crippen LogP contribution in [0.1, 0.15) is 36.9 Å². The van der Waals surface area contributed by atoms with Crippen LogP contribution in [0.15, 0.2) is 88.6 Å². The molecule has 0 saturated carbocycles. The molecule has 32 heavy (non-hydrogen) atoms. The number of para-hydroxylation sites is 1. The maximum atomic E-state index is 13.3. The standard InChI is InChI=1S/C25H26N4O2S/c1-19(2)24-26-27-25(29(24)17-22-14-9-15-31-22)32-18-23(30)28(21-12-7-4-8-13-21)16-20-10-5-3-6-11-20/h3-15,19H,16-18H2,1-2H3. The minimum Gasteiger partial charge on any atom is -0.467 e. The maximum Gasteiger partial charge on any atom is 0.237 e. The third-order valence-corrected chi connectivity index (χ3v) is 5.98. The van der Waals surface area contributed by atoms with E-state index in [1.54, 1.807) is 6.26 Å². The number of rotatable bonds is 9. The third-order valence-electron chi connectivity index (χ3n) is 5.03. The summed E-state index contributed by atoms with van der Waals surface area (Å²) in [6, 6.07) is 23.6. The number of benzene rings is 2. The molecule has 0 aliphatic heterocycles. The highest BCUT2D eigenvalue weighted by Crippen LogP contribution is 2.25. The number of aromatic nitrogens is 3. The van der Waals surface area contributed by atoms with Gasteiger partial charge in [-0.25, -0.2) is 0 Å². The summed E-state index contributed by atoms with van der Waals surface area (Å²) in [6.45, 7) is 5.22. The van der Waals surface area contributed by atoms with Crippen molar-refractivity contribution >= 4 is 23.4 Å². The molecule has 0 radical (unpaired) electrons. The van der Waals surface area contributed by atoms with Crippen molar-refractivity contribution in [2.75, 3.05) is 10.7 Å². The second-order valence-electron chi connectivity index (χ2n) is 7.75. The quantitative estimate of drug-likeness (QED) is 0.324. The van der Waals surface area contributed by atoms with E-state index < -0.39 is 0 Å². The van der Waals surface area contributed by atoms with Crippen molar-refractivity contribution in [2.45, 2.75) is 38.0 Å². The van der Waals surface area contributed by atoms with Crippen LogP contribution in [0.2, 0.25) is 0 Å². The largest absolute Gasteiger partial charge is 0.467 e. The Bertz CT molecular complexity index is 1130. The van der Waals surface area contributed by atoms with E-state index in [4.69, 9.17) is 4.42 Å². The summed E-state index contributed by atoms with van der Waals surface area (Å²) in [6.07, 6.45) is 1.66. The Morgan fingerprint density at radius 3 is 2.38 bits per heavy atom. The average Bonchev–Trinajstić information content (AvgIpc) is 3.47. The fraction of sp³-hybridized carbons (Fsp3) is 0.240. The fourth-order valence-electron chi connectivity index (χ4n) is 3.44. The normalized spacial score (nSPS) is 11.1. The lowest BCUT2D eigenvalue weighted by molar-refractivity contribution is -0.116. The Labute approximate surface area is 192 Å². The molecule has 0 bridgehead atoms. The van der Waals surface area contributed by atoms with Gasteiger partial charge in [0.25, 0.3) is 0 Å². The molecule has 2 aromatic carbocycles. The highest BCUT2D eigenvalue weighted by atomic mass is 32.2. The van der Waals surface area contributed by atoms with E-state index in [1.165, 1.54) is 11.8 Å². The molecular formula is C25H26N4O2S. The molecule has 0 aliphatic rings. The minimum absolute atomic E-state index is 0.0173. The molecular weight excluding hydrogens is 420 g/mol. The molecule has 0 saturated heterocycles. The summed E-state index contributed by atoms with van der Waals surface area (Å²) in [5.41, 5.74) is 1.96. The second kappa shape index (κ2) is 10.3. The molecule has 4 aromatic rings. The molecule has 0 fully saturated rings. The Morgan fingerprint density at radius 1 is 1.00 bits per heavy atom. The first-order chi connectivity index (χ1) is 15.6. The number of hydrogen-bond acceptors (Lipinski definition) is 5. The number of anilines is 1. The van der Waals surface area contributed by atoms with E-state index in [1.807, 2.05) is 82.3 Å². The average molecular weight is 447 g/mol. The van der Waals surface area contributed by atoms with Crippen LogP contribution in [0.25, 0.3) is 0 Å². The highest BCUT2D eigenvalue weighted by molar-refractivity contribution is 7.99. The smallest absolute Gasteiger partial charge is 0.237 e. The van der Waals surface area contributed by atoms with Crippen molar-refractivity contribution < 1.29 is 9.21 Å². The van der Waals surface area contributed by atoms with E-state index in [-0.39, 0.29) is 17.6 Å². The molecule has 0 aliphatic carbocycles. The number of amides is 1. The van der Waals surface area contributed by atoms with E-state index in [2.05, 4.69) is 24.0 Å².